The lowest BCUT2D eigenvalue weighted by Gasteiger charge is -2.34. The number of likely N-dealkylation sites (tertiary alicyclic amines) is 1. The third-order valence-corrected chi connectivity index (χ3v) is 8.33. The molecule has 2 aliphatic heterocycles. The van der Waals surface area contributed by atoms with Crippen LogP contribution in [0.15, 0.2) is 59.8 Å². The van der Waals surface area contributed by atoms with E-state index in [0.717, 1.165) is 51.7 Å². The number of halogens is 2. The highest BCUT2D eigenvalue weighted by Gasteiger charge is 2.27. The van der Waals surface area contributed by atoms with E-state index in [4.69, 9.17) is 5.11 Å². The standard InChI is InChI=1S/C22H36N2O.C10H11F2O2P/c1-5-20(6-2)22(25)24-14-11-19(12-15-24)16-17(3)9-10-21-8-7-13-23-18(21)4;1-6(9(13)14)7-2-4-8(5-3-7)10(11,12)15/h9-10,19-20,23H,3,5-8,11-16H2,1-2,4H3;2-6H,15H2,1H3,(H,13,14)/b10-9-;. The van der Waals surface area contributed by atoms with Crippen LogP contribution in [0, 0.1) is 11.8 Å². The first-order valence-electron chi connectivity index (χ1n) is 14.4. The van der Waals surface area contributed by atoms with E-state index >= 15 is 0 Å². The number of rotatable bonds is 10. The number of nitrogens with zero attached hydrogens (tertiary/aromatic N) is 1. The molecule has 0 bridgehead atoms. The minimum Gasteiger partial charge on any atom is -0.481 e. The van der Waals surface area contributed by atoms with Crippen molar-refractivity contribution in [3.05, 3.63) is 71.0 Å². The van der Waals surface area contributed by atoms with Gasteiger partial charge in [0.15, 0.2) is 0 Å². The molecule has 222 valence electrons. The molecule has 0 aromatic heterocycles. The number of hydrogen-bond acceptors (Lipinski definition) is 3. The average molecular weight is 577 g/mol. The molecule has 40 heavy (non-hydrogen) atoms. The molecular formula is C32H47F2N2O3P. The Bertz CT molecular complexity index is 1050. The summed E-state index contributed by atoms with van der Waals surface area (Å²) in [7, 11) is 1.44. The lowest BCUT2D eigenvalue weighted by atomic mass is 9.89. The van der Waals surface area contributed by atoms with E-state index in [0.29, 0.717) is 17.4 Å². The Labute approximate surface area is 241 Å². The maximum absolute atomic E-state index is 12.8. The number of allylic oxidation sites excluding steroid dienone is 5. The lowest BCUT2D eigenvalue weighted by Crippen LogP contribution is -2.41. The van der Waals surface area contributed by atoms with Gasteiger partial charge >= 0.3 is 5.97 Å². The molecule has 0 radical (unpaired) electrons. The number of carbonyl (C=O) groups excluding carboxylic acids is 1. The lowest BCUT2D eigenvalue weighted by molar-refractivity contribution is -0.138. The van der Waals surface area contributed by atoms with Crippen LogP contribution < -0.4 is 5.32 Å². The molecule has 1 amide bonds. The third-order valence-electron chi connectivity index (χ3n) is 7.99. The second-order valence-corrected chi connectivity index (χ2v) is 11.7. The van der Waals surface area contributed by atoms with E-state index in [9.17, 15) is 18.4 Å². The topological polar surface area (TPSA) is 69.6 Å². The number of benzene rings is 1. The van der Waals surface area contributed by atoms with Crippen LogP contribution in [0.25, 0.3) is 0 Å². The van der Waals surface area contributed by atoms with Gasteiger partial charge in [0.25, 0.3) is 5.66 Å². The molecule has 0 spiro atoms. The van der Waals surface area contributed by atoms with Gasteiger partial charge in [-0.1, -0.05) is 71.7 Å². The van der Waals surface area contributed by atoms with Crippen molar-refractivity contribution < 1.29 is 23.5 Å². The van der Waals surface area contributed by atoms with Crippen LogP contribution in [0.5, 0.6) is 0 Å². The zero-order valence-corrected chi connectivity index (χ0v) is 25.7. The monoisotopic (exact) mass is 576 g/mol. The van der Waals surface area contributed by atoms with Crippen LogP contribution in [-0.4, -0.2) is 41.5 Å². The fraction of sp³-hybridized carbons (Fsp3) is 0.562. The highest BCUT2D eigenvalue weighted by atomic mass is 31.0. The Morgan fingerprint density at radius 2 is 1.80 bits per heavy atom. The van der Waals surface area contributed by atoms with Crippen molar-refractivity contribution in [3.8, 4) is 0 Å². The number of nitrogens with one attached hydrogen (secondary N) is 1. The molecule has 0 aliphatic carbocycles. The van der Waals surface area contributed by atoms with Crippen LogP contribution in [0.4, 0.5) is 8.78 Å². The predicted octanol–water partition coefficient (Wildman–Crippen LogP) is 7.62. The van der Waals surface area contributed by atoms with Gasteiger partial charge in [-0.3, -0.25) is 9.59 Å². The van der Waals surface area contributed by atoms with Gasteiger partial charge in [-0.15, -0.1) is 0 Å². The molecule has 5 nitrogen and oxygen atoms in total. The Morgan fingerprint density at radius 1 is 1.20 bits per heavy atom. The van der Waals surface area contributed by atoms with Gasteiger partial charge in [0.05, 0.1) is 5.92 Å². The number of alkyl halides is 2. The summed E-state index contributed by atoms with van der Waals surface area (Å²) >= 11 is 0. The van der Waals surface area contributed by atoms with Crippen molar-refractivity contribution >= 4 is 21.1 Å². The maximum atomic E-state index is 12.8. The molecule has 2 heterocycles. The molecule has 2 N–H and O–H groups in total. The number of carboxylic acids is 1. The molecule has 1 aromatic rings. The van der Waals surface area contributed by atoms with Crippen LogP contribution in [0.2, 0.25) is 0 Å². The Balaban J connectivity index is 0.000000319. The summed E-state index contributed by atoms with van der Waals surface area (Å²) in [5.41, 5.74) is 1.34. The van der Waals surface area contributed by atoms with Crippen molar-refractivity contribution in [2.75, 3.05) is 19.6 Å². The summed E-state index contributed by atoms with van der Waals surface area (Å²) in [4.78, 5) is 25.2. The maximum Gasteiger partial charge on any atom is 0.310 e. The number of amides is 1. The van der Waals surface area contributed by atoms with Crippen LogP contribution in [-0.2, 0) is 15.3 Å². The van der Waals surface area contributed by atoms with Gasteiger partial charge in [-0.05, 0) is 75.8 Å². The largest absolute Gasteiger partial charge is 0.481 e. The first kappa shape index (κ1) is 33.7. The summed E-state index contributed by atoms with van der Waals surface area (Å²) in [5.74, 6) is -0.399. The molecule has 2 atom stereocenters. The number of piperidine rings is 1. The SMILES string of the molecule is C=C(/C=C\C1=C(C)NCCC1)CC1CCN(C(=O)C(CC)CC)CC1.CC(C(=O)O)c1ccc(C(F)(F)P)cc1. The van der Waals surface area contributed by atoms with Gasteiger partial charge < -0.3 is 15.3 Å². The van der Waals surface area contributed by atoms with Crippen molar-refractivity contribution in [1.29, 1.82) is 0 Å². The Kier molecular flexibility index (Phi) is 13.5. The van der Waals surface area contributed by atoms with E-state index in [2.05, 4.69) is 49.7 Å². The summed E-state index contributed by atoms with van der Waals surface area (Å²) in [6, 6.07) is 5.29. The van der Waals surface area contributed by atoms with Crippen LogP contribution in [0.1, 0.15) is 89.7 Å². The minimum absolute atomic E-state index is 0.145. The van der Waals surface area contributed by atoms with E-state index in [-0.39, 0.29) is 11.5 Å². The quantitative estimate of drug-likeness (QED) is 0.222. The highest BCUT2D eigenvalue weighted by molar-refractivity contribution is 7.17. The van der Waals surface area contributed by atoms with Gasteiger partial charge in [0.2, 0.25) is 5.91 Å². The molecule has 0 saturated carbocycles. The third kappa shape index (κ3) is 10.5. The Hall–Kier alpha value is -2.53. The molecule has 1 saturated heterocycles. The van der Waals surface area contributed by atoms with E-state index in [1.165, 1.54) is 70.1 Å². The summed E-state index contributed by atoms with van der Waals surface area (Å²) in [6.07, 6.45) is 12.0. The second kappa shape index (κ2) is 16.0. The van der Waals surface area contributed by atoms with E-state index in [1.807, 2.05) is 0 Å². The summed E-state index contributed by atoms with van der Waals surface area (Å²) < 4.78 is 25.6. The number of aliphatic carboxylic acids is 1. The first-order chi connectivity index (χ1) is 18.9. The fourth-order valence-corrected chi connectivity index (χ4v) is 5.30. The zero-order valence-electron chi connectivity index (χ0n) is 24.5. The average Bonchev–Trinajstić information content (AvgIpc) is 2.93. The molecule has 3 rings (SSSR count). The molecule has 1 fully saturated rings. The van der Waals surface area contributed by atoms with Crippen LogP contribution in [0.3, 0.4) is 0 Å². The van der Waals surface area contributed by atoms with Gasteiger partial charge in [0.1, 0.15) is 0 Å². The smallest absolute Gasteiger partial charge is 0.310 e. The predicted molar refractivity (Wildman–Crippen MR) is 162 cm³/mol. The van der Waals surface area contributed by atoms with Gasteiger partial charge in [-0.25, -0.2) is 0 Å². The normalized spacial score (nSPS) is 17.4. The van der Waals surface area contributed by atoms with Crippen molar-refractivity contribution in [2.45, 2.75) is 84.2 Å². The van der Waals surface area contributed by atoms with E-state index in [1.54, 1.807) is 0 Å². The molecule has 2 unspecified atom stereocenters. The van der Waals surface area contributed by atoms with E-state index < -0.39 is 17.6 Å². The van der Waals surface area contributed by atoms with Gasteiger partial charge in [0, 0.05) is 36.8 Å². The molecular weight excluding hydrogens is 529 g/mol. The van der Waals surface area contributed by atoms with Crippen molar-refractivity contribution in [3.63, 3.8) is 0 Å². The number of hydrogen-bond donors (Lipinski definition) is 2. The van der Waals surface area contributed by atoms with Crippen molar-refractivity contribution in [1.82, 2.24) is 10.2 Å². The molecule has 8 heteroatoms. The summed E-state index contributed by atoms with van der Waals surface area (Å²) in [5, 5.41) is 12.1. The van der Waals surface area contributed by atoms with Crippen LogP contribution >= 0.6 is 9.24 Å². The zero-order chi connectivity index (χ0) is 29.9. The molecule has 2 aliphatic rings. The number of carbonyl (C=O) groups is 2. The molecule has 1 aromatic carbocycles. The fourth-order valence-electron chi connectivity index (χ4n) is 5.11. The minimum atomic E-state index is -2.97. The highest BCUT2D eigenvalue weighted by Crippen LogP contribution is 2.35. The number of carboxylic acid groups (broad SMARTS) is 1. The first-order valence-corrected chi connectivity index (χ1v) is 15.0. The van der Waals surface area contributed by atoms with Crippen molar-refractivity contribution in [2.24, 2.45) is 11.8 Å². The summed E-state index contributed by atoms with van der Waals surface area (Å²) in [6.45, 7) is 15.1. The second-order valence-electron chi connectivity index (χ2n) is 11.0. The Morgan fingerprint density at radius 3 is 2.30 bits per heavy atom. The van der Waals surface area contributed by atoms with Gasteiger partial charge in [-0.2, -0.15) is 8.78 Å².